The van der Waals surface area contributed by atoms with E-state index >= 15 is 0 Å². The Morgan fingerprint density at radius 1 is 1.10 bits per heavy atom. The van der Waals surface area contributed by atoms with Gasteiger partial charge in [0.05, 0.1) is 6.04 Å². The van der Waals surface area contributed by atoms with Crippen molar-refractivity contribution in [3.8, 4) is 5.75 Å². The zero-order valence-electron chi connectivity index (χ0n) is 17.9. The average molecular weight is 407 g/mol. The molecule has 162 valence electrons. The van der Waals surface area contributed by atoms with Crippen molar-refractivity contribution in [2.45, 2.75) is 51.7 Å². The maximum atomic E-state index is 12.9. The van der Waals surface area contributed by atoms with Crippen molar-refractivity contribution in [2.24, 2.45) is 0 Å². The first kappa shape index (κ1) is 21.8. The van der Waals surface area contributed by atoms with Crippen LogP contribution in [0.4, 0.5) is 9.18 Å². The van der Waals surface area contributed by atoms with E-state index in [4.69, 9.17) is 4.74 Å². The minimum Gasteiger partial charge on any atom is -0.491 e. The van der Waals surface area contributed by atoms with E-state index in [1.807, 2.05) is 11.8 Å². The van der Waals surface area contributed by atoms with Gasteiger partial charge in [0.15, 0.2) is 0 Å². The molecule has 0 radical (unpaired) electrons. The monoisotopic (exact) mass is 406 g/mol. The summed E-state index contributed by atoms with van der Waals surface area (Å²) in [5.74, 6) is 0.310. The van der Waals surface area contributed by atoms with Gasteiger partial charge < -0.3 is 15.0 Å². The van der Waals surface area contributed by atoms with Gasteiger partial charge in [0.2, 0.25) is 0 Å². The lowest BCUT2D eigenvalue weighted by atomic mass is 10.2. The van der Waals surface area contributed by atoms with Crippen molar-refractivity contribution in [3.63, 3.8) is 0 Å². The van der Waals surface area contributed by atoms with E-state index < -0.39 is 0 Å². The molecular weight excluding hydrogens is 371 g/mol. The number of urea groups is 1. The van der Waals surface area contributed by atoms with Crippen molar-refractivity contribution in [2.75, 3.05) is 45.9 Å². The lowest BCUT2D eigenvalue weighted by Crippen LogP contribution is -2.54. The average Bonchev–Trinajstić information content (AvgIpc) is 3.04. The maximum Gasteiger partial charge on any atom is 0.317 e. The molecule has 0 bridgehead atoms. The summed E-state index contributed by atoms with van der Waals surface area (Å²) >= 11 is 0. The number of hydrogen-bond acceptors (Lipinski definition) is 4. The highest BCUT2D eigenvalue weighted by Gasteiger charge is 2.28. The molecule has 6 nitrogen and oxygen atoms in total. The van der Waals surface area contributed by atoms with Crippen LogP contribution in [-0.4, -0.2) is 84.7 Å². The fourth-order valence-corrected chi connectivity index (χ4v) is 4.22. The van der Waals surface area contributed by atoms with Gasteiger partial charge in [-0.05, 0) is 57.9 Å². The van der Waals surface area contributed by atoms with Crippen LogP contribution in [0, 0.1) is 5.82 Å². The van der Waals surface area contributed by atoms with Crippen LogP contribution >= 0.6 is 0 Å². The molecule has 2 saturated heterocycles. The number of ether oxygens (including phenoxy) is 1. The Labute approximate surface area is 174 Å². The molecule has 1 aromatic rings. The molecule has 2 amide bonds. The van der Waals surface area contributed by atoms with E-state index in [1.54, 1.807) is 12.1 Å². The number of carbonyl (C=O) groups excluding carboxylic acids is 1. The molecular formula is C22H35FN4O2. The van der Waals surface area contributed by atoms with Gasteiger partial charge in [-0.15, -0.1) is 0 Å². The summed E-state index contributed by atoms with van der Waals surface area (Å²) < 4.78 is 18.5. The first-order valence-electron chi connectivity index (χ1n) is 10.8. The predicted molar refractivity (Wildman–Crippen MR) is 113 cm³/mol. The van der Waals surface area contributed by atoms with E-state index in [9.17, 15) is 9.18 Å². The number of halogens is 1. The van der Waals surface area contributed by atoms with Crippen molar-refractivity contribution >= 4 is 6.03 Å². The minimum absolute atomic E-state index is 0.0401. The van der Waals surface area contributed by atoms with Gasteiger partial charge in [0, 0.05) is 51.4 Å². The van der Waals surface area contributed by atoms with Crippen molar-refractivity contribution in [1.29, 1.82) is 0 Å². The maximum absolute atomic E-state index is 12.9. The molecule has 7 heteroatoms. The topological polar surface area (TPSA) is 48.1 Å². The first-order chi connectivity index (χ1) is 13.9. The Bertz CT molecular complexity index is 639. The molecule has 2 aliphatic rings. The van der Waals surface area contributed by atoms with Gasteiger partial charge in [0.25, 0.3) is 0 Å². The minimum atomic E-state index is -0.290. The second-order valence-electron chi connectivity index (χ2n) is 8.46. The fourth-order valence-electron chi connectivity index (χ4n) is 4.22. The zero-order chi connectivity index (χ0) is 20.8. The molecule has 2 heterocycles. The highest BCUT2D eigenvalue weighted by atomic mass is 19.1. The number of hydrogen-bond donors (Lipinski definition) is 1. The predicted octanol–water partition coefficient (Wildman–Crippen LogP) is 2.79. The standard InChI is InChI=1S/C22H35FN4O2/c1-17(16-29-21-8-6-20(23)7-9-21)24-22(28)26-13-10-25(11-14-26)12-15-27-18(2)4-5-19(27)3/h6-9,17-19H,4-5,10-16H2,1-3H3,(H,24,28). The summed E-state index contributed by atoms with van der Waals surface area (Å²) in [4.78, 5) is 19.5. The highest BCUT2D eigenvalue weighted by Crippen LogP contribution is 2.22. The SMILES string of the molecule is CC(COc1ccc(F)cc1)NC(=O)N1CCN(CCN2C(C)CCC2C)CC1. The molecule has 0 saturated carbocycles. The van der Waals surface area contributed by atoms with E-state index in [2.05, 4.69) is 29.0 Å². The zero-order valence-corrected chi connectivity index (χ0v) is 17.9. The number of amides is 2. The Kier molecular flexibility index (Phi) is 7.72. The third-order valence-corrected chi connectivity index (χ3v) is 6.15. The summed E-state index contributed by atoms with van der Waals surface area (Å²) in [6.45, 7) is 12.5. The van der Waals surface area contributed by atoms with E-state index in [0.29, 0.717) is 24.4 Å². The third-order valence-electron chi connectivity index (χ3n) is 6.15. The molecule has 3 rings (SSSR count). The number of benzene rings is 1. The molecule has 29 heavy (non-hydrogen) atoms. The second-order valence-corrected chi connectivity index (χ2v) is 8.46. The van der Waals surface area contributed by atoms with Crippen LogP contribution in [-0.2, 0) is 0 Å². The van der Waals surface area contributed by atoms with Crippen LogP contribution in [0.3, 0.4) is 0 Å². The molecule has 1 aromatic carbocycles. The normalized spacial score (nSPS) is 24.5. The second kappa shape index (κ2) is 10.3. The lowest BCUT2D eigenvalue weighted by molar-refractivity contribution is 0.116. The van der Waals surface area contributed by atoms with Gasteiger partial charge in [-0.25, -0.2) is 9.18 Å². The summed E-state index contributed by atoms with van der Waals surface area (Å²) in [5.41, 5.74) is 0. The molecule has 3 unspecified atom stereocenters. The molecule has 2 fully saturated rings. The van der Waals surface area contributed by atoms with Gasteiger partial charge in [-0.3, -0.25) is 9.80 Å². The quantitative estimate of drug-likeness (QED) is 0.757. The van der Waals surface area contributed by atoms with Gasteiger partial charge in [-0.2, -0.15) is 0 Å². The molecule has 3 atom stereocenters. The number of likely N-dealkylation sites (tertiary alicyclic amines) is 1. The van der Waals surface area contributed by atoms with E-state index in [1.165, 1.54) is 25.0 Å². The number of rotatable bonds is 7. The third kappa shape index (κ3) is 6.31. The number of carbonyl (C=O) groups is 1. The van der Waals surface area contributed by atoms with Crippen molar-refractivity contribution < 1.29 is 13.9 Å². The molecule has 2 aliphatic heterocycles. The van der Waals surface area contributed by atoms with Crippen molar-refractivity contribution in [3.05, 3.63) is 30.1 Å². The Balaban J connectivity index is 1.33. The van der Waals surface area contributed by atoms with Crippen LogP contribution in [0.25, 0.3) is 0 Å². The number of piperazine rings is 1. The van der Waals surface area contributed by atoms with Crippen LogP contribution in [0.2, 0.25) is 0 Å². The van der Waals surface area contributed by atoms with Crippen LogP contribution < -0.4 is 10.1 Å². The molecule has 1 N–H and O–H groups in total. The van der Waals surface area contributed by atoms with Crippen molar-refractivity contribution in [1.82, 2.24) is 20.0 Å². The smallest absolute Gasteiger partial charge is 0.317 e. The largest absolute Gasteiger partial charge is 0.491 e. The van der Waals surface area contributed by atoms with Gasteiger partial charge in [-0.1, -0.05) is 0 Å². The summed E-state index contributed by atoms with van der Waals surface area (Å²) in [6, 6.07) is 7.13. The van der Waals surface area contributed by atoms with Crippen LogP contribution in [0.5, 0.6) is 5.75 Å². The summed E-state index contributed by atoms with van der Waals surface area (Å²) in [5, 5.41) is 3.00. The Hall–Kier alpha value is -1.86. The fraction of sp³-hybridized carbons (Fsp3) is 0.682. The first-order valence-corrected chi connectivity index (χ1v) is 10.8. The van der Waals surface area contributed by atoms with Crippen LogP contribution in [0.1, 0.15) is 33.6 Å². The highest BCUT2D eigenvalue weighted by molar-refractivity contribution is 5.74. The Morgan fingerprint density at radius 2 is 1.72 bits per heavy atom. The molecule has 0 spiro atoms. The Morgan fingerprint density at radius 3 is 2.34 bits per heavy atom. The number of nitrogens with one attached hydrogen (secondary N) is 1. The summed E-state index contributed by atoms with van der Waals surface area (Å²) in [7, 11) is 0. The lowest BCUT2D eigenvalue weighted by Gasteiger charge is -2.36. The molecule has 0 aromatic heterocycles. The van der Waals surface area contributed by atoms with Gasteiger partial charge in [0.1, 0.15) is 18.2 Å². The summed E-state index contributed by atoms with van der Waals surface area (Å²) in [6.07, 6.45) is 2.61. The molecule has 0 aliphatic carbocycles. The van der Waals surface area contributed by atoms with Crippen LogP contribution in [0.15, 0.2) is 24.3 Å². The van der Waals surface area contributed by atoms with E-state index in [0.717, 1.165) is 39.3 Å². The van der Waals surface area contributed by atoms with Gasteiger partial charge >= 0.3 is 6.03 Å². The number of nitrogens with zero attached hydrogens (tertiary/aromatic N) is 3. The van der Waals surface area contributed by atoms with E-state index in [-0.39, 0.29) is 17.9 Å².